The van der Waals surface area contributed by atoms with Gasteiger partial charge in [0.25, 0.3) is 11.7 Å². The maximum atomic E-state index is 12.4. The van der Waals surface area contributed by atoms with E-state index in [-0.39, 0.29) is 11.7 Å². The van der Waals surface area contributed by atoms with Crippen molar-refractivity contribution < 1.29 is 4.79 Å². The number of amides is 1. The predicted octanol–water partition coefficient (Wildman–Crippen LogP) is 2.07. The van der Waals surface area contributed by atoms with E-state index in [4.69, 9.17) is 0 Å². The highest BCUT2D eigenvalue weighted by Crippen LogP contribution is 2.11. The van der Waals surface area contributed by atoms with Crippen LogP contribution in [0, 0.1) is 13.8 Å². The monoisotopic (exact) mass is 301 g/mol. The van der Waals surface area contributed by atoms with Crippen molar-refractivity contribution in [2.75, 3.05) is 7.05 Å². The molecular formula is C14H15N5OS. The first kappa shape index (κ1) is 13.7. The van der Waals surface area contributed by atoms with Gasteiger partial charge >= 0.3 is 0 Å². The molecule has 0 N–H and O–H groups in total. The molecule has 6 nitrogen and oxygen atoms in total. The molecule has 0 aliphatic heterocycles. The number of aromatic nitrogens is 4. The number of aryl methyl sites for hydroxylation is 2. The zero-order chi connectivity index (χ0) is 15.0. The van der Waals surface area contributed by atoms with E-state index in [0.29, 0.717) is 12.3 Å². The Kier molecular flexibility index (Phi) is 3.42. The van der Waals surface area contributed by atoms with Crippen molar-refractivity contribution in [2.45, 2.75) is 20.4 Å². The van der Waals surface area contributed by atoms with E-state index in [1.54, 1.807) is 27.8 Å². The number of rotatable bonds is 3. The zero-order valence-corrected chi connectivity index (χ0v) is 12.9. The summed E-state index contributed by atoms with van der Waals surface area (Å²) in [5.74, 6) is 0.428. The molecule has 3 rings (SSSR count). The highest BCUT2D eigenvalue weighted by molar-refractivity contribution is 7.07. The summed E-state index contributed by atoms with van der Waals surface area (Å²) in [6, 6.07) is 3.91. The molecule has 0 saturated heterocycles. The van der Waals surface area contributed by atoms with Crippen molar-refractivity contribution in [1.29, 1.82) is 0 Å². The highest BCUT2D eigenvalue weighted by atomic mass is 32.1. The van der Waals surface area contributed by atoms with Gasteiger partial charge in [-0.2, -0.15) is 16.3 Å². The highest BCUT2D eigenvalue weighted by Gasteiger charge is 2.19. The molecule has 0 unspecified atom stereocenters. The van der Waals surface area contributed by atoms with Gasteiger partial charge in [0.15, 0.2) is 0 Å². The molecule has 108 valence electrons. The summed E-state index contributed by atoms with van der Waals surface area (Å²) in [6.45, 7) is 4.36. The van der Waals surface area contributed by atoms with Crippen LogP contribution in [-0.4, -0.2) is 37.4 Å². The summed E-state index contributed by atoms with van der Waals surface area (Å²) in [6.07, 6.45) is 0. The number of nitrogens with zero attached hydrogens (tertiary/aromatic N) is 5. The smallest absolute Gasteiger partial charge is 0.293 e. The molecule has 0 aliphatic rings. The van der Waals surface area contributed by atoms with Gasteiger partial charge < -0.3 is 4.90 Å². The Hall–Kier alpha value is -2.28. The molecule has 0 aromatic carbocycles. The van der Waals surface area contributed by atoms with Crippen molar-refractivity contribution in [3.05, 3.63) is 45.7 Å². The van der Waals surface area contributed by atoms with Crippen LogP contribution < -0.4 is 0 Å². The van der Waals surface area contributed by atoms with Crippen LogP contribution in [0.15, 0.2) is 22.9 Å². The summed E-state index contributed by atoms with van der Waals surface area (Å²) in [7, 11) is 1.75. The first-order valence-corrected chi connectivity index (χ1v) is 7.46. The molecule has 0 saturated carbocycles. The van der Waals surface area contributed by atoms with Crippen molar-refractivity contribution >= 4 is 23.0 Å². The molecule has 0 aliphatic carbocycles. The van der Waals surface area contributed by atoms with E-state index >= 15 is 0 Å². The largest absolute Gasteiger partial charge is 0.335 e. The van der Waals surface area contributed by atoms with E-state index in [9.17, 15) is 4.79 Å². The van der Waals surface area contributed by atoms with E-state index < -0.39 is 0 Å². The molecule has 0 radical (unpaired) electrons. The van der Waals surface area contributed by atoms with Gasteiger partial charge in [-0.1, -0.05) is 0 Å². The van der Waals surface area contributed by atoms with Crippen LogP contribution in [0.4, 0.5) is 0 Å². The van der Waals surface area contributed by atoms with Crippen LogP contribution in [0.3, 0.4) is 0 Å². The van der Waals surface area contributed by atoms with Crippen molar-refractivity contribution in [1.82, 2.24) is 24.5 Å². The second-order valence-corrected chi connectivity index (χ2v) is 5.76. The fraction of sp³-hybridized carbons (Fsp3) is 0.286. The number of fused-ring (bicyclic) bond motifs is 1. The molecule has 0 atom stereocenters. The van der Waals surface area contributed by atoms with Crippen LogP contribution in [-0.2, 0) is 6.54 Å². The molecular weight excluding hydrogens is 286 g/mol. The molecule has 3 heterocycles. The van der Waals surface area contributed by atoms with E-state index in [0.717, 1.165) is 17.0 Å². The number of carbonyl (C=O) groups excluding carboxylic acids is 1. The van der Waals surface area contributed by atoms with Gasteiger partial charge in [0.05, 0.1) is 0 Å². The Morgan fingerprint density at radius 2 is 2.19 bits per heavy atom. The fourth-order valence-electron chi connectivity index (χ4n) is 2.16. The summed E-state index contributed by atoms with van der Waals surface area (Å²) < 4.78 is 1.60. The molecule has 3 aromatic heterocycles. The maximum Gasteiger partial charge on any atom is 0.293 e. The molecule has 7 heteroatoms. The number of carbonyl (C=O) groups is 1. The topological polar surface area (TPSA) is 63.4 Å². The van der Waals surface area contributed by atoms with Crippen LogP contribution in [0.5, 0.6) is 0 Å². The average Bonchev–Trinajstić information content (AvgIpc) is 3.06. The minimum atomic E-state index is -0.205. The van der Waals surface area contributed by atoms with Crippen LogP contribution in [0.1, 0.15) is 27.6 Å². The van der Waals surface area contributed by atoms with Gasteiger partial charge in [-0.15, -0.1) is 5.10 Å². The molecule has 3 aromatic rings. The first-order chi connectivity index (χ1) is 10.0. The zero-order valence-electron chi connectivity index (χ0n) is 12.1. The SMILES string of the molecule is Cc1cc(C)n2nc(C(=O)N(C)Cc3ccsc3)nc2n1. The summed E-state index contributed by atoms with van der Waals surface area (Å²) in [4.78, 5) is 22.5. The summed E-state index contributed by atoms with van der Waals surface area (Å²) in [5.41, 5.74) is 2.87. The standard InChI is InChI=1S/C14H15N5OS/c1-9-6-10(2)19-14(15-9)16-12(17-19)13(20)18(3)7-11-4-5-21-8-11/h4-6,8H,7H2,1-3H3. The Balaban J connectivity index is 1.89. The molecule has 0 fully saturated rings. The summed E-state index contributed by atoms with van der Waals surface area (Å²) in [5, 5.41) is 8.27. The molecule has 21 heavy (non-hydrogen) atoms. The maximum absolute atomic E-state index is 12.4. The number of hydrogen-bond donors (Lipinski definition) is 0. The lowest BCUT2D eigenvalue weighted by Crippen LogP contribution is -2.27. The summed E-state index contributed by atoms with van der Waals surface area (Å²) >= 11 is 1.61. The van der Waals surface area contributed by atoms with Gasteiger partial charge in [0.1, 0.15) is 0 Å². The van der Waals surface area contributed by atoms with E-state index in [1.807, 2.05) is 36.7 Å². The van der Waals surface area contributed by atoms with Gasteiger partial charge in [-0.05, 0) is 42.3 Å². The predicted molar refractivity (Wildman–Crippen MR) is 80.4 cm³/mol. The molecule has 0 bridgehead atoms. The lowest BCUT2D eigenvalue weighted by atomic mass is 10.3. The Labute approximate surface area is 126 Å². The lowest BCUT2D eigenvalue weighted by Gasteiger charge is -2.13. The third-order valence-electron chi connectivity index (χ3n) is 3.16. The normalized spacial score (nSPS) is 11.0. The van der Waals surface area contributed by atoms with E-state index in [1.165, 1.54) is 0 Å². The van der Waals surface area contributed by atoms with Crippen molar-refractivity contribution in [3.8, 4) is 0 Å². The quantitative estimate of drug-likeness (QED) is 0.743. The van der Waals surface area contributed by atoms with E-state index in [2.05, 4.69) is 15.1 Å². The van der Waals surface area contributed by atoms with Gasteiger partial charge in [0, 0.05) is 25.0 Å². The average molecular weight is 301 g/mol. The van der Waals surface area contributed by atoms with Gasteiger partial charge in [-0.25, -0.2) is 9.50 Å². The third kappa shape index (κ3) is 2.64. The van der Waals surface area contributed by atoms with Gasteiger partial charge in [-0.3, -0.25) is 4.79 Å². The lowest BCUT2D eigenvalue weighted by molar-refractivity contribution is 0.0773. The second-order valence-electron chi connectivity index (χ2n) is 4.98. The minimum Gasteiger partial charge on any atom is -0.335 e. The van der Waals surface area contributed by atoms with Gasteiger partial charge in [0.2, 0.25) is 5.82 Å². The Morgan fingerprint density at radius 1 is 1.38 bits per heavy atom. The minimum absolute atomic E-state index is 0.175. The third-order valence-corrected chi connectivity index (χ3v) is 3.89. The number of hydrogen-bond acceptors (Lipinski definition) is 5. The van der Waals surface area contributed by atoms with Crippen molar-refractivity contribution in [3.63, 3.8) is 0 Å². The molecule has 0 spiro atoms. The fourth-order valence-corrected chi connectivity index (χ4v) is 2.82. The second kappa shape index (κ2) is 5.25. The van der Waals surface area contributed by atoms with Crippen LogP contribution >= 0.6 is 11.3 Å². The van der Waals surface area contributed by atoms with Crippen molar-refractivity contribution in [2.24, 2.45) is 0 Å². The Morgan fingerprint density at radius 3 is 2.90 bits per heavy atom. The molecule has 1 amide bonds. The Bertz CT molecular complexity index is 793. The first-order valence-electron chi connectivity index (χ1n) is 6.52. The number of thiophene rings is 1. The van der Waals surface area contributed by atoms with Crippen LogP contribution in [0.25, 0.3) is 5.78 Å². The van der Waals surface area contributed by atoms with Crippen LogP contribution in [0.2, 0.25) is 0 Å².